The molecule has 0 aliphatic heterocycles. The van der Waals surface area contributed by atoms with E-state index in [1.807, 2.05) is 0 Å². The molecule has 0 heterocycles. The van der Waals surface area contributed by atoms with Crippen LogP contribution in [0.1, 0.15) is 12.8 Å². The van der Waals surface area contributed by atoms with E-state index in [-0.39, 0.29) is 0 Å². The molecule has 0 aromatic heterocycles. The van der Waals surface area contributed by atoms with Gasteiger partial charge in [-0.15, -0.1) is 0 Å². The summed E-state index contributed by atoms with van der Waals surface area (Å²) in [6, 6.07) is 0. The molecule has 3 aliphatic rings. The third-order valence-electron chi connectivity index (χ3n) is 3.38. The zero-order valence-corrected chi connectivity index (χ0v) is 10.3. The molecule has 0 aromatic carbocycles. The van der Waals surface area contributed by atoms with Crippen molar-refractivity contribution in [2.45, 2.75) is 12.8 Å². The van der Waals surface area contributed by atoms with Crippen LogP contribution in [-0.2, 0) is 0 Å². The Labute approximate surface area is 108 Å². The van der Waals surface area contributed by atoms with Gasteiger partial charge in [0.25, 0.3) is 0 Å². The summed E-state index contributed by atoms with van der Waals surface area (Å²) in [4.78, 5) is 0. The summed E-state index contributed by atoms with van der Waals surface area (Å²) in [5, 5.41) is 0. The minimum absolute atomic E-state index is 1.04. The van der Waals surface area contributed by atoms with Crippen molar-refractivity contribution in [2.75, 3.05) is 0 Å². The lowest BCUT2D eigenvalue weighted by molar-refractivity contribution is 1.21. The topological polar surface area (TPSA) is 0 Å². The molecule has 3 aliphatic carbocycles. The van der Waals surface area contributed by atoms with Crippen molar-refractivity contribution < 1.29 is 0 Å². The molecule has 3 rings (SSSR count). The Morgan fingerprint density at radius 2 is 1.06 bits per heavy atom. The monoisotopic (exact) mass is 232 g/mol. The van der Waals surface area contributed by atoms with Crippen LogP contribution in [0.25, 0.3) is 0 Å². The van der Waals surface area contributed by atoms with Crippen LogP contribution >= 0.6 is 0 Å². The second-order valence-electron chi connectivity index (χ2n) is 4.58. The van der Waals surface area contributed by atoms with Gasteiger partial charge >= 0.3 is 0 Å². The first kappa shape index (κ1) is 11.0. The standard InChI is InChI=1S/C18H16/c1-2-4-14-18(16-11-7-8-12-16)17(13-3-1)15-9-5-6-10-15/h1-9,11,13-14H,10,12H2. The average Bonchev–Trinajstić information content (AvgIpc) is 3.00. The molecule has 18 heavy (non-hydrogen) atoms. The second-order valence-corrected chi connectivity index (χ2v) is 4.58. The molecular weight excluding hydrogens is 216 g/mol. The summed E-state index contributed by atoms with van der Waals surface area (Å²) >= 11 is 0. The molecule has 0 saturated heterocycles. The first-order chi connectivity index (χ1) is 8.95. The average molecular weight is 232 g/mol. The van der Waals surface area contributed by atoms with Gasteiger partial charge in [0, 0.05) is 0 Å². The third-order valence-corrected chi connectivity index (χ3v) is 3.38. The van der Waals surface area contributed by atoms with Crippen molar-refractivity contribution in [1.29, 1.82) is 0 Å². The minimum Gasteiger partial charge on any atom is -0.0801 e. The Kier molecular flexibility index (Phi) is 3.10. The van der Waals surface area contributed by atoms with E-state index in [0.717, 1.165) is 12.8 Å². The molecule has 0 atom stereocenters. The lowest BCUT2D eigenvalue weighted by atomic mass is 9.92. The first-order valence-electron chi connectivity index (χ1n) is 6.43. The number of hydrogen-bond donors (Lipinski definition) is 0. The third kappa shape index (κ3) is 2.14. The number of rotatable bonds is 2. The molecular formula is C18H16. The van der Waals surface area contributed by atoms with Gasteiger partial charge in [-0.05, 0) is 35.1 Å². The predicted molar refractivity (Wildman–Crippen MR) is 78.1 cm³/mol. The maximum Gasteiger partial charge on any atom is -0.00882 e. The maximum atomic E-state index is 2.23. The highest BCUT2D eigenvalue weighted by Crippen LogP contribution is 2.31. The van der Waals surface area contributed by atoms with E-state index in [1.165, 1.54) is 22.3 Å². The first-order valence-corrected chi connectivity index (χ1v) is 6.43. The Balaban J connectivity index is 2.07. The summed E-state index contributed by atoms with van der Waals surface area (Å²) in [6.07, 6.45) is 28.1. The normalized spacial score (nSPS) is 21.3. The SMILES string of the molecule is C1=CC=CC(C2=CC=CC2)=C(C2=CC=CC2)C=C1. The molecule has 0 fully saturated rings. The molecule has 0 amide bonds. The summed E-state index contributed by atoms with van der Waals surface area (Å²) < 4.78 is 0. The molecule has 0 heteroatoms. The fraction of sp³-hybridized carbons (Fsp3) is 0.111. The Bertz CT molecular complexity index is 530. The summed E-state index contributed by atoms with van der Waals surface area (Å²) in [5.41, 5.74) is 5.54. The molecule has 0 saturated carbocycles. The summed E-state index contributed by atoms with van der Waals surface area (Å²) in [7, 11) is 0. The van der Waals surface area contributed by atoms with Gasteiger partial charge in [0.15, 0.2) is 0 Å². The molecule has 0 bridgehead atoms. The molecule has 0 nitrogen and oxygen atoms in total. The van der Waals surface area contributed by atoms with Crippen LogP contribution < -0.4 is 0 Å². The van der Waals surface area contributed by atoms with Gasteiger partial charge in [0.1, 0.15) is 0 Å². The number of hydrogen-bond acceptors (Lipinski definition) is 0. The zero-order valence-electron chi connectivity index (χ0n) is 10.3. The van der Waals surface area contributed by atoms with Gasteiger partial charge in [-0.3, -0.25) is 0 Å². The van der Waals surface area contributed by atoms with Crippen molar-refractivity contribution in [3.63, 3.8) is 0 Å². The Morgan fingerprint density at radius 3 is 1.44 bits per heavy atom. The lowest BCUT2D eigenvalue weighted by Crippen LogP contribution is -1.94. The highest BCUT2D eigenvalue weighted by molar-refractivity contribution is 5.60. The largest absolute Gasteiger partial charge is 0.0801 e. The van der Waals surface area contributed by atoms with Crippen LogP contribution in [0.15, 0.2) is 95.2 Å². The molecule has 88 valence electrons. The van der Waals surface area contributed by atoms with E-state index in [4.69, 9.17) is 0 Å². The fourth-order valence-corrected chi connectivity index (χ4v) is 2.47. The van der Waals surface area contributed by atoms with Crippen molar-refractivity contribution in [3.8, 4) is 0 Å². The van der Waals surface area contributed by atoms with Crippen LogP contribution in [0.3, 0.4) is 0 Å². The maximum absolute atomic E-state index is 2.23. The van der Waals surface area contributed by atoms with E-state index in [0.29, 0.717) is 0 Å². The van der Waals surface area contributed by atoms with Gasteiger partial charge in [0.05, 0.1) is 0 Å². The van der Waals surface area contributed by atoms with E-state index in [1.54, 1.807) is 0 Å². The Morgan fingerprint density at radius 1 is 0.556 bits per heavy atom. The van der Waals surface area contributed by atoms with E-state index >= 15 is 0 Å². The molecule has 0 unspecified atom stereocenters. The van der Waals surface area contributed by atoms with Crippen molar-refractivity contribution in [2.24, 2.45) is 0 Å². The highest BCUT2D eigenvalue weighted by Gasteiger charge is 2.13. The summed E-state index contributed by atoms with van der Waals surface area (Å²) in [6.45, 7) is 0. The van der Waals surface area contributed by atoms with Gasteiger partial charge in [-0.25, -0.2) is 0 Å². The van der Waals surface area contributed by atoms with Gasteiger partial charge in [0.2, 0.25) is 0 Å². The van der Waals surface area contributed by atoms with Crippen LogP contribution in [0.5, 0.6) is 0 Å². The van der Waals surface area contributed by atoms with Gasteiger partial charge < -0.3 is 0 Å². The fourth-order valence-electron chi connectivity index (χ4n) is 2.47. The highest BCUT2D eigenvalue weighted by atomic mass is 14.2. The molecule has 0 aromatic rings. The van der Waals surface area contributed by atoms with Crippen LogP contribution in [0.2, 0.25) is 0 Å². The smallest absolute Gasteiger partial charge is 0.00882 e. The van der Waals surface area contributed by atoms with E-state index in [9.17, 15) is 0 Å². The number of allylic oxidation sites excluding steroid dienone is 16. The van der Waals surface area contributed by atoms with Crippen LogP contribution in [0, 0.1) is 0 Å². The quantitative estimate of drug-likeness (QED) is 0.645. The molecule has 0 spiro atoms. The van der Waals surface area contributed by atoms with Crippen molar-refractivity contribution in [1.82, 2.24) is 0 Å². The van der Waals surface area contributed by atoms with Crippen LogP contribution in [0.4, 0.5) is 0 Å². The summed E-state index contributed by atoms with van der Waals surface area (Å²) in [5.74, 6) is 0. The van der Waals surface area contributed by atoms with Crippen molar-refractivity contribution in [3.05, 3.63) is 95.2 Å². The Hall–Kier alpha value is -2.08. The predicted octanol–water partition coefficient (Wildman–Crippen LogP) is 4.74. The second kappa shape index (κ2) is 5.05. The lowest BCUT2D eigenvalue weighted by Gasteiger charge is -2.13. The van der Waals surface area contributed by atoms with Crippen molar-refractivity contribution >= 4 is 0 Å². The van der Waals surface area contributed by atoms with Gasteiger partial charge in [-0.1, -0.05) is 72.9 Å². The minimum atomic E-state index is 1.04. The molecule has 0 N–H and O–H groups in total. The zero-order chi connectivity index (χ0) is 12.2. The van der Waals surface area contributed by atoms with Crippen LogP contribution in [-0.4, -0.2) is 0 Å². The van der Waals surface area contributed by atoms with E-state index < -0.39 is 0 Å². The van der Waals surface area contributed by atoms with E-state index in [2.05, 4.69) is 72.9 Å². The van der Waals surface area contributed by atoms with Gasteiger partial charge in [-0.2, -0.15) is 0 Å². The molecule has 0 radical (unpaired) electrons.